The van der Waals surface area contributed by atoms with Gasteiger partial charge in [0.15, 0.2) is 16.8 Å². The van der Waals surface area contributed by atoms with Crippen molar-refractivity contribution in [1.82, 2.24) is 19.7 Å². The number of nitriles is 1. The molecule has 8 nitrogen and oxygen atoms in total. The zero-order chi connectivity index (χ0) is 36.2. The molecule has 1 aromatic carbocycles. The van der Waals surface area contributed by atoms with E-state index in [2.05, 4.69) is 88.8 Å². The van der Waals surface area contributed by atoms with Crippen molar-refractivity contribution in [1.29, 1.82) is 5.26 Å². The highest BCUT2D eigenvalue weighted by Gasteiger charge is 2.33. The van der Waals surface area contributed by atoms with Crippen LogP contribution >= 0.6 is 11.3 Å². The Balaban J connectivity index is 1.87. The van der Waals surface area contributed by atoms with Crippen LogP contribution in [0.1, 0.15) is 141 Å². The lowest BCUT2D eigenvalue weighted by molar-refractivity contribution is 0.0941. The van der Waals surface area contributed by atoms with Gasteiger partial charge >= 0.3 is 0 Å². The molecule has 0 bridgehead atoms. The minimum atomic E-state index is -0.439. The van der Waals surface area contributed by atoms with Crippen molar-refractivity contribution in [3.8, 4) is 17.3 Å². The Morgan fingerprint density at radius 1 is 0.860 bits per heavy atom. The summed E-state index contributed by atoms with van der Waals surface area (Å²) in [6.45, 7) is 19.4. The molecule has 0 saturated heterocycles. The maximum absolute atomic E-state index is 13.5. The summed E-state index contributed by atoms with van der Waals surface area (Å²) >= 11 is 1.61. The van der Waals surface area contributed by atoms with E-state index >= 15 is 0 Å². The van der Waals surface area contributed by atoms with Crippen molar-refractivity contribution in [3.05, 3.63) is 52.6 Å². The first-order chi connectivity index (χ1) is 24.2. The van der Waals surface area contributed by atoms with Crippen molar-refractivity contribution < 1.29 is 4.79 Å². The Labute approximate surface area is 305 Å². The summed E-state index contributed by atoms with van der Waals surface area (Å²) in [5.74, 6) is 2.34. The number of aliphatic imine (C=N–C) groups is 1. The number of fused-ring (bicyclic) bond motifs is 1. The van der Waals surface area contributed by atoms with Gasteiger partial charge in [-0.3, -0.25) is 4.79 Å². The number of unbranched alkanes of at least 4 members (excludes halogenated alkanes) is 2. The van der Waals surface area contributed by atoms with Crippen molar-refractivity contribution >= 4 is 33.1 Å². The lowest BCUT2D eigenvalue weighted by Gasteiger charge is -2.30. The summed E-state index contributed by atoms with van der Waals surface area (Å²) in [7, 11) is 0. The highest BCUT2D eigenvalue weighted by molar-refractivity contribution is 7.19. The van der Waals surface area contributed by atoms with E-state index in [1.54, 1.807) is 18.3 Å². The summed E-state index contributed by atoms with van der Waals surface area (Å²) in [4.78, 5) is 31.5. The Morgan fingerprint density at radius 2 is 1.46 bits per heavy atom. The van der Waals surface area contributed by atoms with E-state index in [1.165, 1.54) is 48.8 Å². The first-order valence-corrected chi connectivity index (χ1v) is 20.1. The molecule has 50 heavy (non-hydrogen) atoms. The number of anilines is 1. The number of hydrogen-bond acceptors (Lipinski definition) is 8. The molecule has 2 aromatic heterocycles. The van der Waals surface area contributed by atoms with Crippen molar-refractivity contribution in [2.24, 2.45) is 22.7 Å². The fourth-order valence-corrected chi connectivity index (χ4v) is 7.79. The van der Waals surface area contributed by atoms with E-state index in [9.17, 15) is 10.1 Å². The molecule has 270 valence electrons. The Kier molecular flexibility index (Phi) is 15.0. The highest BCUT2D eigenvalue weighted by atomic mass is 32.1. The molecule has 4 rings (SSSR count). The molecule has 9 heteroatoms. The number of hydrogen-bond donors (Lipinski definition) is 0. The van der Waals surface area contributed by atoms with Crippen LogP contribution < -0.4 is 4.90 Å². The maximum atomic E-state index is 13.5. The summed E-state index contributed by atoms with van der Waals surface area (Å²) in [5.41, 5.74) is 4.09. The summed E-state index contributed by atoms with van der Waals surface area (Å²) in [6, 6.07) is 10.6. The summed E-state index contributed by atoms with van der Waals surface area (Å²) in [5, 5.41) is 16.5. The van der Waals surface area contributed by atoms with Crippen LogP contribution in [0.25, 0.3) is 11.3 Å². The maximum Gasteiger partial charge on any atom is 0.291 e. The number of carbonyl (C=O) groups is 1. The SMILES string of the molecule is CCCCC(CC)CN(CC(CC)CCCC)c1nc(-c2ccc(C)cc2)c(N=C2C(C)=C(C#N)C(=O)n3nc(CCC(CC)CC)nc32)s1. The number of benzene rings is 1. The zero-order valence-corrected chi connectivity index (χ0v) is 32.7. The van der Waals surface area contributed by atoms with E-state index in [4.69, 9.17) is 15.0 Å². The van der Waals surface area contributed by atoms with Gasteiger partial charge in [-0.1, -0.05) is 134 Å². The fourth-order valence-electron chi connectivity index (χ4n) is 6.81. The largest absolute Gasteiger partial charge is 0.347 e. The van der Waals surface area contributed by atoms with E-state index in [0.29, 0.717) is 47.1 Å². The third kappa shape index (κ3) is 9.57. The molecule has 0 N–H and O–H groups in total. The monoisotopic (exact) mass is 697 g/mol. The first kappa shape index (κ1) is 39.2. The van der Waals surface area contributed by atoms with E-state index in [0.717, 1.165) is 66.6 Å². The van der Waals surface area contributed by atoms with Crippen LogP contribution in [0.15, 0.2) is 40.4 Å². The van der Waals surface area contributed by atoms with Crippen LogP contribution in [0.3, 0.4) is 0 Å². The van der Waals surface area contributed by atoms with Gasteiger partial charge in [0.25, 0.3) is 5.91 Å². The normalized spacial score (nSPS) is 15.1. The third-order valence-corrected chi connectivity index (χ3v) is 11.5. The topological polar surface area (TPSA) is 100 Å². The molecule has 2 atom stereocenters. The molecule has 0 saturated carbocycles. The third-order valence-electron chi connectivity index (χ3n) is 10.5. The number of rotatable bonds is 20. The average Bonchev–Trinajstić information content (AvgIpc) is 3.75. The fraction of sp³-hybridized carbons (Fsp3) is 0.610. The van der Waals surface area contributed by atoms with E-state index in [1.807, 2.05) is 0 Å². The quantitative estimate of drug-likeness (QED) is 0.116. The van der Waals surface area contributed by atoms with Crippen LogP contribution in [-0.2, 0) is 6.42 Å². The number of aryl methyl sites for hydroxylation is 2. The van der Waals surface area contributed by atoms with Crippen molar-refractivity contribution in [2.45, 2.75) is 132 Å². The van der Waals surface area contributed by atoms with Gasteiger partial charge in [-0.15, -0.1) is 5.10 Å². The van der Waals surface area contributed by atoms with Gasteiger partial charge in [-0.05, 0) is 50.9 Å². The van der Waals surface area contributed by atoms with Gasteiger partial charge in [-0.25, -0.2) is 15.0 Å². The van der Waals surface area contributed by atoms with Gasteiger partial charge < -0.3 is 4.90 Å². The van der Waals surface area contributed by atoms with Gasteiger partial charge in [0.05, 0.1) is 0 Å². The molecule has 3 aromatic rings. The van der Waals surface area contributed by atoms with Gasteiger partial charge in [0, 0.05) is 30.6 Å². The number of allylic oxidation sites excluding steroid dienone is 2. The second kappa shape index (κ2) is 19.1. The zero-order valence-electron chi connectivity index (χ0n) is 31.9. The molecule has 0 aliphatic carbocycles. The lowest BCUT2D eigenvalue weighted by Crippen LogP contribution is -2.34. The van der Waals surface area contributed by atoms with Gasteiger partial charge in [0.2, 0.25) is 0 Å². The number of thiazole rings is 1. The van der Waals surface area contributed by atoms with Crippen LogP contribution in [0, 0.1) is 36.0 Å². The van der Waals surface area contributed by atoms with Crippen LogP contribution in [0.4, 0.5) is 10.1 Å². The number of nitrogens with zero attached hydrogens (tertiary/aromatic N) is 7. The number of carbonyl (C=O) groups excluding carboxylic acids is 1. The van der Waals surface area contributed by atoms with Gasteiger partial charge in [0.1, 0.15) is 28.0 Å². The standard InChI is InChI=1S/C41H59N7OS/c1-9-15-17-31(13-5)26-47(27-32(14-6)18-16-10-2)41-45-37(33-22-19-28(7)20-23-33)39(50-41)44-36-29(8)34(25-42)40(49)48-38(36)43-35(46-48)24-21-30(11-3)12-4/h19-20,22-23,30-32H,9-18,21,24,26-27H2,1-8H3. The Bertz CT molecular complexity index is 1640. The van der Waals surface area contributed by atoms with Crippen molar-refractivity contribution in [3.63, 3.8) is 0 Å². The molecule has 2 unspecified atom stereocenters. The van der Waals surface area contributed by atoms with E-state index < -0.39 is 5.91 Å². The molecular formula is C41H59N7OS. The second-order valence-corrected chi connectivity index (χ2v) is 15.1. The molecule has 0 radical (unpaired) electrons. The molecule has 0 amide bonds. The average molecular weight is 698 g/mol. The van der Waals surface area contributed by atoms with Crippen molar-refractivity contribution in [2.75, 3.05) is 18.0 Å². The summed E-state index contributed by atoms with van der Waals surface area (Å²) in [6.07, 6.45) is 13.4. The first-order valence-electron chi connectivity index (χ1n) is 19.2. The minimum Gasteiger partial charge on any atom is -0.347 e. The second-order valence-electron chi connectivity index (χ2n) is 14.1. The number of aromatic nitrogens is 4. The van der Waals surface area contributed by atoms with Gasteiger partial charge in [-0.2, -0.15) is 9.94 Å². The molecule has 1 aliphatic rings. The van der Waals surface area contributed by atoms with Crippen LogP contribution in [-0.4, -0.2) is 44.5 Å². The predicted molar refractivity (Wildman–Crippen MR) is 209 cm³/mol. The van der Waals surface area contributed by atoms with Crippen LogP contribution in [0.5, 0.6) is 0 Å². The summed E-state index contributed by atoms with van der Waals surface area (Å²) < 4.78 is 1.30. The minimum absolute atomic E-state index is 0.0550. The predicted octanol–water partition coefficient (Wildman–Crippen LogP) is 10.9. The smallest absolute Gasteiger partial charge is 0.291 e. The highest BCUT2D eigenvalue weighted by Crippen LogP contribution is 2.42. The molecule has 3 heterocycles. The Hall–Kier alpha value is -3.64. The molecule has 1 aliphatic heterocycles. The molecule has 0 spiro atoms. The molecular weight excluding hydrogens is 639 g/mol. The van der Waals surface area contributed by atoms with Crippen LogP contribution in [0.2, 0.25) is 0 Å². The lowest BCUT2D eigenvalue weighted by atomic mass is 9.96. The molecule has 0 fully saturated rings. The van der Waals surface area contributed by atoms with E-state index in [-0.39, 0.29) is 5.57 Å². The Morgan fingerprint density at radius 3 is 2.00 bits per heavy atom.